The van der Waals surface area contributed by atoms with Crippen LogP contribution in [0.3, 0.4) is 0 Å². The topological polar surface area (TPSA) is 9.23 Å². The summed E-state index contributed by atoms with van der Waals surface area (Å²) in [6.45, 7) is 4.36. The standard InChI is InChI=1S/C21H22O/c1-17-15-20(18-9-4-2-5-10-18)13-8-14-21(16-17,22-20)19-11-6-3-7-12-19/h2-7,9-12H,1,8,13-16H2/t20-,21+. The first kappa shape index (κ1) is 13.8. The van der Waals surface area contributed by atoms with Crippen molar-refractivity contribution in [3.8, 4) is 0 Å². The van der Waals surface area contributed by atoms with E-state index in [2.05, 4.69) is 67.2 Å². The van der Waals surface area contributed by atoms with Crippen LogP contribution in [-0.2, 0) is 15.9 Å². The molecule has 2 atom stereocenters. The molecule has 0 saturated carbocycles. The summed E-state index contributed by atoms with van der Waals surface area (Å²) in [5.74, 6) is 0. The minimum atomic E-state index is -0.190. The van der Waals surface area contributed by atoms with E-state index in [1.54, 1.807) is 0 Å². The molecule has 0 spiro atoms. The molecule has 2 aliphatic heterocycles. The van der Waals surface area contributed by atoms with Crippen molar-refractivity contribution < 1.29 is 4.74 Å². The van der Waals surface area contributed by atoms with Gasteiger partial charge in [-0.3, -0.25) is 0 Å². The van der Waals surface area contributed by atoms with Gasteiger partial charge in [0.15, 0.2) is 0 Å². The van der Waals surface area contributed by atoms with Gasteiger partial charge >= 0.3 is 0 Å². The Labute approximate surface area is 132 Å². The second kappa shape index (κ2) is 5.10. The number of hydrogen-bond acceptors (Lipinski definition) is 1. The van der Waals surface area contributed by atoms with Gasteiger partial charge in [-0.1, -0.05) is 72.8 Å². The molecule has 2 bridgehead atoms. The van der Waals surface area contributed by atoms with Gasteiger partial charge in [0.05, 0.1) is 11.2 Å². The lowest BCUT2D eigenvalue weighted by atomic mass is 9.68. The lowest BCUT2D eigenvalue weighted by Crippen LogP contribution is -2.49. The molecule has 2 aromatic carbocycles. The van der Waals surface area contributed by atoms with Gasteiger partial charge in [-0.15, -0.1) is 0 Å². The lowest BCUT2D eigenvalue weighted by molar-refractivity contribution is -0.219. The zero-order valence-electron chi connectivity index (χ0n) is 12.9. The first-order chi connectivity index (χ1) is 10.7. The average molecular weight is 290 g/mol. The molecule has 0 radical (unpaired) electrons. The van der Waals surface area contributed by atoms with Crippen molar-refractivity contribution in [2.24, 2.45) is 0 Å². The molecule has 4 rings (SSSR count). The molecule has 2 fully saturated rings. The van der Waals surface area contributed by atoms with Crippen molar-refractivity contribution in [2.45, 2.75) is 43.3 Å². The van der Waals surface area contributed by atoms with Crippen LogP contribution in [-0.4, -0.2) is 0 Å². The van der Waals surface area contributed by atoms with Gasteiger partial charge in [-0.2, -0.15) is 0 Å². The molecule has 1 nitrogen and oxygen atoms in total. The molecule has 112 valence electrons. The van der Waals surface area contributed by atoms with Gasteiger partial charge in [0.1, 0.15) is 0 Å². The van der Waals surface area contributed by atoms with Crippen molar-refractivity contribution in [3.63, 3.8) is 0 Å². The Morgan fingerprint density at radius 2 is 1.18 bits per heavy atom. The van der Waals surface area contributed by atoms with Crippen LogP contribution < -0.4 is 0 Å². The normalized spacial score (nSPS) is 31.0. The third-order valence-corrected chi connectivity index (χ3v) is 5.22. The van der Waals surface area contributed by atoms with Crippen LogP contribution in [0.25, 0.3) is 0 Å². The molecule has 0 amide bonds. The predicted octanol–water partition coefficient (Wildman–Crippen LogP) is 5.33. The number of benzene rings is 2. The summed E-state index contributed by atoms with van der Waals surface area (Å²) in [4.78, 5) is 0. The van der Waals surface area contributed by atoms with Gasteiger partial charge in [-0.05, 0) is 30.4 Å². The Balaban J connectivity index is 1.81. The largest absolute Gasteiger partial charge is 0.358 e. The van der Waals surface area contributed by atoms with Gasteiger partial charge in [0.25, 0.3) is 0 Å². The molecule has 0 aromatic heterocycles. The van der Waals surface area contributed by atoms with Crippen LogP contribution in [0.1, 0.15) is 43.2 Å². The van der Waals surface area contributed by atoms with E-state index < -0.39 is 0 Å². The van der Waals surface area contributed by atoms with E-state index in [0.29, 0.717) is 0 Å². The van der Waals surface area contributed by atoms with E-state index in [1.807, 2.05) is 0 Å². The molecular formula is C21H22O. The Bertz CT molecular complexity index is 618. The minimum absolute atomic E-state index is 0.190. The van der Waals surface area contributed by atoms with Gasteiger partial charge in [-0.25, -0.2) is 0 Å². The smallest absolute Gasteiger partial charge is 0.0980 e. The van der Waals surface area contributed by atoms with Crippen LogP contribution in [0, 0.1) is 0 Å². The summed E-state index contributed by atoms with van der Waals surface area (Å²) in [5.41, 5.74) is 3.54. The van der Waals surface area contributed by atoms with Crippen molar-refractivity contribution in [2.75, 3.05) is 0 Å². The highest BCUT2D eigenvalue weighted by atomic mass is 16.5. The molecule has 2 saturated heterocycles. The minimum Gasteiger partial charge on any atom is -0.358 e. The number of hydrogen-bond donors (Lipinski definition) is 0. The fourth-order valence-corrected chi connectivity index (χ4v) is 4.35. The highest BCUT2D eigenvalue weighted by Crippen LogP contribution is 2.56. The maximum absolute atomic E-state index is 6.88. The molecule has 0 aliphatic carbocycles. The first-order valence-corrected chi connectivity index (χ1v) is 8.20. The Kier molecular flexibility index (Phi) is 3.19. The number of ether oxygens (including phenoxy) is 1. The van der Waals surface area contributed by atoms with Crippen molar-refractivity contribution in [1.82, 2.24) is 0 Å². The number of rotatable bonds is 2. The maximum Gasteiger partial charge on any atom is 0.0980 e. The van der Waals surface area contributed by atoms with Gasteiger partial charge < -0.3 is 4.74 Å². The van der Waals surface area contributed by atoms with E-state index in [9.17, 15) is 0 Å². The van der Waals surface area contributed by atoms with Crippen molar-refractivity contribution >= 4 is 0 Å². The second-order valence-electron chi connectivity index (χ2n) is 6.78. The van der Waals surface area contributed by atoms with Crippen LogP contribution in [0.4, 0.5) is 0 Å². The Hall–Kier alpha value is -1.86. The van der Waals surface area contributed by atoms with Crippen molar-refractivity contribution in [3.05, 3.63) is 83.9 Å². The molecule has 0 N–H and O–H groups in total. The Morgan fingerprint density at radius 3 is 1.64 bits per heavy atom. The molecule has 2 heterocycles. The maximum atomic E-state index is 6.88. The lowest BCUT2D eigenvalue weighted by Gasteiger charge is -2.53. The fraction of sp³-hybridized carbons (Fsp3) is 0.333. The van der Waals surface area contributed by atoms with Gasteiger partial charge in [0, 0.05) is 12.8 Å². The molecule has 22 heavy (non-hydrogen) atoms. The summed E-state index contributed by atoms with van der Waals surface area (Å²) >= 11 is 0. The molecular weight excluding hydrogens is 268 g/mol. The third-order valence-electron chi connectivity index (χ3n) is 5.22. The van der Waals surface area contributed by atoms with E-state index in [-0.39, 0.29) is 11.2 Å². The van der Waals surface area contributed by atoms with Crippen molar-refractivity contribution in [1.29, 1.82) is 0 Å². The van der Waals surface area contributed by atoms with Crippen LogP contribution >= 0.6 is 0 Å². The zero-order valence-corrected chi connectivity index (χ0v) is 12.9. The molecule has 1 heteroatoms. The van der Waals surface area contributed by atoms with Crippen LogP contribution in [0.5, 0.6) is 0 Å². The summed E-state index contributed by atoms with van der Waals surface area (Å²) in [7, 11) is 0. The van der Waals surface area contributed by atoms with E-state index in [0.717, 1.165) is 25.7 Å². The predicted molar refractivity (Wildman–Crippen MR) is 89.6 cm³/mol. The summed E-state index contributed by atoms with van der Waals surface area (Å²) < 4.78 is 6.88. The molecule has 2 aromatic rings. The van der Waals surface area contributed by atoms with E-state index in [1.165, 1.54) is 23.1 Å². The SMILES string of the molecule is C=C1C[C@@]2(c3ccccc3)CCC[C@@](c3ccccc3)(C1)O2. The average Bonchev–Trinajstić information content (AvgIpc) is 2.56. The van der Waals surface area contributed by atoms with Gasteiger partial charge in [0.2, 0.25) is 0 Å². The first-order valence-electron chi connectivity index (χ1n) is 8.20. The second-order valence-corrected chi connectivity index (χ2v) is 6.78. The summed E-state index contributed by atoms with van der Waals surface area (Å²) in [6, 6.07) is 21.4. The fourth-order valence-electron chi connectivity index (χ4n) is 4.35. The zero-order chi connectivity index (χ0) is 15.0. The summed E-state index contributed by atoms with van der Waals surface area (Å²) in [6.07, 6.45) is 5.28. The van der Waals surface area contributed by atoms with Crippen LogP contribution in [0.2, 0.25) is 0 Å². The van der Waals surface area contributed by atoms with Crippen LogP contribution in [0.15, 0.2) is 72.8 Å². The quantitative estimate of drug-likeness (QED) is 0.679. The molecule has 2 aliphatic rings. The third kappa shape index (κ3) is 2.12. The summed E-state index contributed by atoms with van der Waals surface area (Å²) in [5, 5.41) is 0. The highest BCUT2D eigenvalue weighted by molar-refractivity contribution is 5.33. The Morgan fingerprint density at radius 1 is 0.727 bits per heavy atom. The van der Waals surface area contributed by atoms with E-state index >= 15 is 0 Å². The monoisotopic (exact) mass is 290 g/mol. The van der Waals surface area contributed by atoms with E-state index in [4.69, 9.17) is 4.74 Å². The number of fused-ring (bicyclic) bond motifs is 2. The molecule has 0 unspecified atom stereocenters. The highest BCUT2D eigenvalue weighted by Gasteiger charge is 2.51.